The van der Waals surface area contributed by atoms with Crippen molar-refractivity contribution < 1.29 is 4.42 Å². The first-order chi connectivity index (χ1) is 34.7. The van der Waals surface area contributed by atoms with Gasteiger partial charge in [-0.3, -0.25) is 0 Å². The van der Waals surface area contributed by atoms with Crippen LogP contribution >= 0.6 is 11.3 Å². The van der Waals surface area contributed by atoms with Crippen molar-refractivity contribution in [3.8, 4) is 56.7 Å². The maximum atomic E-state index is 6.42. The summed E-state index contributed by atoms with van der Waals surface area (Å²) in [6.07, 6.45) is 0. The van der Waals surface area contributed by atoms with Crippen LogP contribution in [0.3, 0.4) is 0 Å². The Morgan fingerprint density at radius 3 is 1.69 bits per heavy atom. The Bertz CT molecular complexity index is 4530. The molecule has 326 valence electrons. The third-order valence-electron chi connectivity index (χ3n) is 14.0. The second kappa shape index (κ2) is 15.2. The highest BCUT2D eigenvalue weighted by Crippen LogP contribution is 2.50. The summed E-state index contributed by atoms with van der Waals surface area (Å²) in [5, 5.41) is 9.28. The van der Waals surface area contributed by atoms with Gasteiger partial charge in [-0.15, -0.1) is 11.3 Å². The lowest BCUT2D eigenvalue weighted by Gasteiger charge is -2.16. The minimum atomic E-state index is 0.633. The van der Waals surface area contributed by atoms with Gasteiger partial charge in [-0.25, -0.2) is 15.0 Å². The number of hydrogen-bond acceptors (Lipinski definition) is 5. The minimum Gasteiger partial charge on any atom is -0.456 e. The summed E-state index contributed by atoms with van der Waals surface area (Å²) in [4.78, 5) is 15.6. The molecule has 6 nitrogen and oxygen atoms in total. The average molecular weight is 912 g/mol. The van der Waals surface area contributed by atoms with E-state index < -0.39 is 0 Å². The van der Waals surface area contributed by atoms with Crippen LogP contribution in [0.1, 0.15) is 0 Å². The van der Waals surface area contributed by atoms with Gasteiger partial charge in [-0.2, -0.15) is 0 Å². The molecule has 0 N–H and O–H groups in total. The fraction of sp³-hybridized carbons (Fsp3) is 0. The van der Waals surface area contributed by atoms with E-state index >= 15 is 0 Å². The molecule has 5 aromatic heterocycles. The number of benzene rings is 10. The summed E-state index contributed by atoms with van der Waals surface area (Å²) in [5.41, 5.74) is 13.6. The van der Waals surface area contributed by atoms with Gasteiger partial charge < -0.3 is 13.6 Å². The number of aromatic nitrogens is 5. The van der Waals surface area contributed by atoms with E-state index in [0.717, 1.165) is 87.8 Å². The molecule has 0 amide bonds. The van der Waals surface area contributed by atoms with Gasteiger partial charge in [0, 0.05) is 80.4 Å². The van der Waals surface area contributed by atoms with Gasteiger partial charge in [-0.1, -0.05) is 158 Å². The van der Waals surface area contributed by atoms with E-state index in [4.69, 9.17) is 19.4 Å². The van der Waals surface area contributed by atoms with E-state index in [1.807, 2.05) is 42.5 Å². The topological polar surface area (TPSA) is 61.7 Å². The van der Waals surface area contributed by atoms with Gasteiger partial charge in [0.2, 0.25) is 0 Å². The summed E-state index contributed by atoms with van der Waals surface area (Å²) in [7, 11) is 0. The average Bonchev–Trinajstić information content (AvgIpc) is 4.19. The van der Waals surface area contributed by atoms with Gasteiger partial charge >= 0.3 is 0 Å². The summed E-state index contributed by atoms with van der Waals surface area (Å²) < 4.78 is 13.7. The van der Waals surface area contributed by atoms with Crippen molar-refractivity contribution in [1.29, 1.82) is 0 Å². The van der Waals surface area contributed by atoms with Crippen molar-refractivity contribution in [2.24, 2.45) is 0 Å². The van der Waals surface area contributed by atoms with E-state index in [2.05, 4.69) is 191 Å². The number of para-hydroxylation sites is 4. The monoisotopic (exact) mass is 911 g/mol. The van der Waals surface area contributed by atoms with E-state index in [1.165, 1.54) is 37.1 Å². The Hall–Kier alpha value is -9.17. The molecule has 0 aliphatic carbocycles. The zero-order chi connectivity index (χ0) is 45.9. The lowest BCUT2D eigenvalue weighted by atomic mass is 9.96. The fourth-order valence-electron chi connectivity index (χ4n) is 10.9. The van der Waals surface area contributed by atoms with Gasteiger partial charge in [0.1, 0.15) is 11.2 Å². The van der Waals surface area contributed by atoms with Crippen LogP contribution in [0.25, 0.3) is 142 Å². The second-order valence-corrected chi connectivity index (χ2v) is 18.9. The quantitative estimate of drug-likeness (QED) is 0.167. The van der Waals surface area contributed by atoms with E-state index in [0.29, 0.717) is 17.5 Å². The lowest BCUT2D eigenvalue weighted by Crippen LogP contribution is -2.01. The molecule has 0 spiro atoms. The summed E-state index contributed by atoms with van der Waals surface area (Å²) in [6, 6.07) is 79.8. The minimum absolute atomic E-state index is 0.633. The van der Waals surface area contributed by atoms with Gasteiger partial charge in [-0.05, 0) is 72.3 Å². The fourth-order valence-corrected chi connectivity index (χ4v) is 12.1. The van der Waals surface area contributed by atoms with E-state index in [9.17, 15) is 0 Å². The van der Waals surface area contributed by atoms with Crippen molar-refractivity contribution in [3.05, 3.63) is 224 Å². The molecule has 5 heterocycles. The Morgan fingerprint density at radius 2 is 0.943 bits per heavy atom. The molecule has 0 aliphatic rings. The van der Waals surface area contributed by atoms with Crippen molar-refractivity contribution in [2.75, 3.05) is 0 Å². The van der Waals surface area contributed by atoms with Crippen molar-refractivity contribution >= 4 is 97.1 Å². The first kappa shape index (κ1) is 38.9. The van der Waals surface area contributed by atoms with Gasteiger partial charge in [0.25, 0.3) is 0 Å². The van der Waals surface area contributed by atoms with E-state index in [-0.39, 0.29) is 0 Å². The number of hydrogen-bond donors (Lipinski definition) is 0. The third kappa shape index (κ3) is 5.76. The van der Waals surface area contributed by atoms with Crippen LogP contribution in [0, 0.1) is 0 Å². The predicted octanol–water partition coefficient (Wildman–Crippen LogP) is 17.0. The van der Waals surface area contributed by atoms with Crippen LogP contribution in [0.5, 0.6) is 0 Å². The van der Waals surface area contributed by atoms with Crippen LogP contribution in [-0.2, 0) is 0 Å². The summed E-state index contributed by atoms with van der Waals surface area (Å²) in [6.45, 7) is 0. The first-order valence-electron chi connectivity index (χ1n) is 23.5. The van der Waals surface area contributed by atoms with E-state index in [1.54, 1.807) is 11.3 Å². The number of furan rings is 1. The van der Waals surface area contributed by atoms with Gasteiger partial charge in [0.15, 0.2) is 17.5 Å². The first-order valence-corrected chi connectivity index (χ1v) is 24.3. The number of fused-ring (bicyclic) bond motifs is 13. The van der Waals surface area contributed by atoms with Crippen LogP contribution in [0.2, 0.25) is 0 Å². The maximum Gasteiger partial charge on any atom is 0.165 e. The molecule has 15 aromatic rings. The zero-order valence-corrected chi connectivity index (χ0v) is 38.2. The van der Waals surface area contributed by atoms with Crippen LogP contribution in [0.4, 0.5) is 0 Å². The number of thiophene rings is 1. The van der Waals surface area contributed by atoms with Crippen LogP contribution in [-0.4, -0.2) is 24.1 Å². The van der Waals surface area contributed by atoms with Crippen LogP contribution in [0.15, 0.2) is 229 Å². The Kier molecular flexibility index (Phi) is 8.43. The number of nitrogens with zero attached hydrogens (tertiary/aromatic N) is 5. The zero-order valence-electron chi connectivity index (χ0n) is 37.4. The summed E-state index contributed by atoms with van der Waals surface area (Å²) >= 11 is 1.79. The summed E-state index contributed by atoms with van der Waals surface area (Å²) in [5.74, 6) is 1.90. The second-order valence-electron chi connectivity index (χ2n) is 17.9. The Morgan fingerprint density at radius 1 is 0.357 bits per heavy atom. The molecule has 15 rings (SSSR count). The SMILES string of the molecule is c1ccc(-c2nc(-c3ccccc3)nc(-c3ccc(-n4c5ccccc5c5c4c(-c4ccc6oc7ccccc7c6c4)cc4c6ccccc6n(-c6ccccc6)c45)c4c3sc3ccccc34)n2)cc1. The molecule has 0 radical (unpaired) electrons. The van der Waals surface area contributed by atoms with Crippen LogP contribution < -0.4 is 0 Å². The largest absolute Gasteiger partial charge is 0.456 e. The lowest BCUT2D eigenvalue weighted by molar-refractivity contribution is 0.669. The van der Waals surface area contributed by atoms with Crippen molar-refractivity contribution in [3.63, 3.8) is 0 Å². The molecule has 10 aromatic carbocycles. The molecule has 7 heteroatoms. The Labute approximate surface area is 404 Å². The maximum absolute atomic E-state index is 6.42. The number of rotatable bonds is 6. The van der Waals surface area contributed by atoms with Crippen molar-refractivity contribution in [1.82, 2.24) is 24.1 Å². The third-order valence-corrected chi connectivity index (χ3v) is 15.2. The molecule has 0 saturated heterocycles. The Balaban J connectivity index is 1.10. The predicted molar refractivity (Wildman–Crippen MR) is 290 cm³/mol. The molecule has 0 fully saturated rings. The standard InChI is InChI=1S/C63H37N5OS/c1-4-18-38(19-5-1)61-64-62(39-20-6-2-7-21-39)66-63(65-61)46-33-34-52(56-45-27-13-17-31-55(45)70-60(46)56)68-51-29-15-11-26-44(51)57-58(68)47(40-32-35-54-48(36-40)43-25-12-16-30-53(43)69-54)37-49-42-24-10-14-28-50(42)67(59(49)57)41-22-8-3-9-23-41/h1-37H. The molecule has 0 saturated carbocycles. The molecular formula is C63H37N5OS. The smallest absolute Gasteiger partial charge is 0.165 e. The molecule has 0 aliphatic heterocycles. The molecular weight excluding hydrogens is 875 g/mol. The highest BCUT2D eigenvalue weighted by molar-refractivity contribution is 7.26. The highest BCUT2D eigenvalue weighted by Gasteiger charge is 2.27. The van der Waals surface area contributed by atoms with Crippen molar-refractivity contribution in [2.45, 2.75) is 0 Å². The van der Waals surface area contributed by atoms with Gasteiger partial charge in [0.05, 0.1) is 27.8 Å². The molecule has 0 bridgehead atoms. The molecule has 70 heavy (non-hydrogen) atoms. The highest BCUT2D eigenvalue weighted by atomic mass is 32.1. The molecule has 0 atom stereocenters. The molecule has 0 unspecified atom stereocenters. The normalized spacial score (nSPS) is 12.0.